The van der Waals surface area contributed by atoms with E-state index in [1.807, 2.05) is 0 Å². The molecule has 0 N–H and O–H groups in total. The van der Waals surface area contributed by atoms with Crippen molar-refractivity contribution in [3.8, 4) is 0 Å². The summed E-state index contributed by atoms with van der Waals surface area (Å²) >= 11 is 8.09. The van der Waals surface area contributed by atoms with Crippen LogP contribution in [0.1, 0.15) is 12.0 Å². The van der Waals surface area contributed by atoms with Crippen LogP contribution in [-0.2, 0) is 11.2 Å². The van der Waals surface area contributed by atoms with Crippen molar-refractivity contribution in [3.63, 3.8) is 0 Å². The van der Waals surface area contributed by atoms with Gasteiger partial charge in [0.15, 0.2) is 0 Å². The predicted octanol–water partition coefficient (Wildman–Crippen LogP) is 3.87. The molecule has 0 spiro atoms. The van der Waals surface area contributed by atoms with Crippen molar-refractivity contribution in [1.82, 2.24) is 9.88 Å². The van der Waals surface area contributed by atoms with Crippen LogP contribution in [0.25, 0.3) is 10.9 Å². The molecule has 0 atom stereocenters. The Balaban J connectivity index is 1.66. The Kier molecular flexibility index (Phi) is 5.58. The van der Waals surface area contributed by atoms with Crippen LogP contribution in [-0.4, -0.2) is 49.0 Å². The van der Waals surface area contributed by atoms with Gasteiger partial charge in [-0.25, -0.2) is 4.98 Å². The van der Waals surface area contributed by atoms with Gasteiger partial charge in [0.05, 0.1) is 18.7 Å². The lowest BCUT2D eigenvalue weighted by Crippen LogP contribution is -2.36. The van der Waals surface area contributed by atoms with E-state index in [1.54, 1.807) is 11.8 Å². The fraction of sp³-hybridized carbons (Fsp3) is 0.471. The van der Waals surface area contributed by atoms with Gasteiger partial charge >= 0.3 is 0 Å². The first-order valence-electron chi connectivity index (χ1n) is 7.69. The number of nitrogens with zero attached hydrogens (tertiary/aromatic N) is 2. The number of morpholine rings is 1. The van der Waals surface area contributed by atoms with Crippen molar-refractivity contribution in [1.29, 1.82) is 0 Å². The maximum atomic E-state index is 6.37. The number of aryl methyl sites for hydroxylation is 1. The molecule has 2 aromatic rings. The van der Waals surface area contributed by atoms with Crippen molar-refractivity contribution in [2.45, 2.75) is 17.7 Å². The molecule has 3 nitrogen and oxygen atoms in total. The van der Waals surface area contributed by atoms with E-state index in [9.17, 15) is 0 Å². The normalized spacial score (nSPS) is 16.3. The number of thioether (sulfide) groups is 1. The Morgan fingerprint density at radius 1 is 1.27 bits per heavy atom. The van der Waals surface area contributed by atoms with E-state index in [1.165, 1.54) is 10.3 Å². The number of fused-ring (bicyclic) bond motifs is 1. The van der Waals surface area contributed by atoms with Gasteiger partial charge in [0, 0.05) is 23.4 Å². The highest BCUT2D eigenvalue weighted by Crippen LogP contribution is 2.25. The Hall–Kier alpha value is -0.810. The second kappa shape index (κ2) is 7.64. The highest BCUT2D eigenvalue weighted by molar-refractivity contribution is 7.98. The van der Waals surface area contributed by atoms with Crippen LogP contribution >= 0.6 is 23.4 Å². The fourth-order valence-electron chi connectivity index (χ4n) is 2.79. The molecule has 1 aliphatic heterocycles. The summed E-state index contributed by atoms with van der Waals surface area (Å²) in [7, 11) is 0. The van der Waals surface area contributed by atoms with Gasteiger partial charge in [0.1, 0.15) is 5.15 Å². The molecule has 0 aliphatic carbocycles. The molecule has 3 rings (SSSR count). The Bertz CT molecular complexity index is 644. The second-order valence-electron chi connectivity index (χ2n) is 5.55. The second-order valence-corrected chi connectivity index (χ2v) is 6.79. The van der Waals surface area contributed by atoms with Gasteiger partial charge < -0.3 is 4.74 Å². The molecule has 0 saturated carbocycles. The van der Waals surface area contributed by atoms with Crippen LogP contribution in [0, 0.1) is 0 Å². The molecular formula is C17H21ClN2OS. The summed E-state index contributed by atoms with van der Waals surface area (Å²) in [6, 6.07) is 8.56. The number of halogens is 1. The molecule has 0 unspecified atom stereocenters. The van der Waals surface area contributed by atoms with Crippen molar-refractivity contribution in [2.75, 3.05) is 39.1 Å². The monoisotopic (exact) mass is 336 g/mol. The quantitative estimate of drug-likeness (QED) is 0.611. The molecule has 0 amide bonds. The maximum absolute atomic E-state index is 6.37. The number of benzene rings is 1. The van der Waals surface area contributed by atoms with Crippen LogP contribution in [0.4, 0.5) is 0 Å². The van der Waals surface area contributed by atoms with Crippen molar-refractivity contribution >= 4 is 34.3 Å². The summed E-state index contributed by atoms with van der Waals surface area (Å²) in [6.07, 6.45) is 4.15. The molecule has 1 fully saturated rings. The average molecular weight is 337 g/mol. The predicted molar refractivity (Wildman–Crippen MR) is 94.1 cm³/mol. The van der Waals surface area contributed by atoms with Crippen molar-refractivity contribution in [2.24, 2.45) is 0 Å². The van der Waals surface area contributed by atoms with E-state index in [-0.39, 0.29) is 0 Å². The summed E-state index contributed by atoms with van der Waals surface area (Å²) in [5, 5.41) is 1.82. The molecule has 2 heterocycles. The van der Waals surface area contributed by atoms with Crippen LogP contribution in [0.2, 0.25) is 5.15 Å². The SMILES string of the molecule is CSc1ccc2cc(CCCN3CCOCC3)c(Cl)nc2c1. The van der Waals surface area contributed by atoms with E-state index >= 15 is 0 Å². The van der Waals surface area contributed by atoms with Gasteiger partial charge in [-0.1, -0.05) is 17.7 Å². The van der Waals surface area contributed by atoms with E-state index < -0.39 is 0 Å². The highest BCUT2D eigenvalue weighted by atomic mass is 35.5. The molecule has 1 saturated heterocycles. The van der Waals surface area contributed by atoms with Crippen LogP contribution < -0.4 is 0 Å². The first-order chi connectivity index (χ1) is 10.8. The minimum atomic E-state index is 0.646. The zero-order chi connectivity index (χ0) is 15.4. The molecule has 1 aromatic carbocycles. The third-order valence-electron chi connectivity index (χ3n) is 4.08. The number of hydrogen-bond acceptors (Lipinski definition) is 4. The molecule has 5 heteroatoms. The lowest BCUT2D eigenvalue weighted by atomic mass is 10.1. The number of ether oxygens (including phenoxy) is 1. The number of hydrogen-bond donors (Lipinski definition) is 0. The Morgan fingerprint density at radius 2 is 2.09 bits per heavy atom. The van der Waals surface area contributed by atoms with E-state index in [0.717, 1.165) is 56.8 Å². The van der Waals surface area contributed by atoms with E-state index in [2.05, 4.69) is 40.4 Å². The average Bonchev–Trinajstić information content (AvgIpc) is 2.56. The largest absolute Gasteiger partial charge is 0.379 e. The van der Waals surface area contributed by atoms with Gasteiger partial charge in [-0.05, 0) is 49.4 Å². The topological polar surface area (TPSA) is 25.4 Å². The summed E-state index contributed by atoms with van der Waals surface area (Å²) in [5.74, 6) is 0. The zero-order valence-corrected chi connectivity index (χ0v) is 14.4. The smallest absolute Gasteiger partial charge is 0.132 e. The summed E-state index contributed by atoms with van der Waals surface area (Å²) in [5.41, 5.74) is 2.13. The number of pyridine rings is 1. The van der Waals surface area contributed by atoms with Gasteiger partial charge in [-0.2, -0.15) is 0 Å². The third-order valence-corrected chi connectivity index (χ3v) is 5.13. The van der Waals surface area contributed by atoms with E-state index in [0.29, 0.717) is 5.15 Å². The van der Waals surface area contributed by atoms with Crippen LogP contribution in [0.3, 0.4) is 0 Å². The minimum Gasteiger partial charge on any atom is -0.379 e. The third kappa shape index (κ3) is 3.93. The maximum Gasteiger partial charge on any atom is 0.132 e. The fourth-order valence-corrected chi connectivity index (χ4v) is 3.46. The summed E-state index contributed by atoms with van der Waals surface area (Å²) in [6.45, 7) is 4.90. The van der Waals surface area contributed by atoms with Crippen LogP contribution in [0.15, 0.2) is 29.2 Å². The van der Waals surface area contributed by atoms with Gasteiger partial charge in [-0.3, -0.25) is 4.90 Å². The molecule has 22 heavy (non-hydrogen) atoms. The van der Waals surface area contributed by atoms with Crippen molar-refractivity contribution < 1.29 is 4.74 Å². The summed E-state index contributed by atoms with van der Waals surface area (Å²) < 4.78 is 5.38. The number of aromatic nitrogens is 1. The first kappa shape index (κ1) is 16.1. The minimum absolute atomic E-state index is 0.646. The highest BCUT2D eigenvalue weighted by Gasteiger charge is 2.11. The molecule has 0 bridgehead atoms. The Labute approximate surface area is 141 Å². The zero-order valence-electron chi connectivity index (χ0n) is 12.8. The molecule has 1 aliphatic rings. The molecule has 0 radical (unpaired) electrons. The van der Waals surface area contributed by atoms with Gasteiger partial charge in [0.25, 0.3) is 0 Å². The van der Waals surface area contributed by atoms with Gasteiger partial charge in [0.2, 0.25) is 0 Å². The lowest BCUT2D eigenvalue weighted by molar-refractivity contribution is 0.0374. The van der Waals surface area contributed by atoms with Crippen molar-refractivity contribution in [3.05, 3.63) is 35.0 Å². The molecule has 118 valence electrons. The standard InChI is InChI=1S/C17H21ClN2OS/c1-22-15-5-4-13-11-14(17(18)19-16(13)12-15)3-2-6-20-7-9-21-10-8-20/h4-5,11-12H,2-3,6-10H2,1H3. The van der Waals surface area contributed by atoms with Gasteiger partial charge in [-0.15, -0.1) is 11.8 Å². The Morgan fingerprint density at radius 3 is 2.86 bits per heavy atom. The van der Waals surface area contributed by atoms with Crippen LogP contribution in [0.5, 0.6) is 0 Å². The first-order valence-corrected chi connectivity index (χ1v) is 9.30. The number of rotatable bonds is 5. The van der Waals surface area contributed by atoms with E-state index in [4.69, 9.17) is 16.3 Å². The molecular weight excluding hydrogens is 316 g/mol. The lowest BCUT2D eigenvalue weighted by Gasteiger charge is -2.26. The summed E-state index contributed by atoms with van der Waals surface area (Å²) in [4.78, 5) is 8.24. The molecule has 1 aromatic heterocycles.